The van der Waals surface area contributed by atoms with Crippen LogP contribution in [-0.4, -0.2) is 41.3 Å². The van der Waals surface area contributed by atoms with Crippen LogP contribution in [0.1, 0.15) is 68.8 Å². The minimum Gasteiger partial charge on any atom is -0.334 e. The third kappa shape index (κ3) is 4.35. The van der Waals surface area contributed by atoms with Gasteiger partial charge in [0.25, 0.3) is 0 Å². The van der Waals surface area contributed by atoms with Crippen LogP contribution in [0.4, 0.5) is 0 Å². The van der Waals surface area contributed by atoms with Crippen molar-refractivity contribution in [3.63, 3.8) is 0 Å². The third-order valence-electron chi connectivity index (χ3n) is 5.41. The van der Waals surface area contributed by atoms with Gasteiger partial charge in [-0.3, -0.25) is 9.78 Å². The molecule has 1 atom stereocenters. The van der Waals surface area contributed by atoms with Gasteiger partial charge in [0, 0.05) is 19.5 Å². The summed E-state index contributed by atoms with van der Waals surface area (Å²) in [5.74, 6) is 0.963. The van der Waals surface area contributed by atoms with Crippen LogP contribution in [-0.2, 0) is 11.3 Å². The molecule has 2 fully saturated rings. The first kappa shape index (κ1) is 17.4. The molecular weight excluding hydrogens is 298 g/mol. The van der Waals surface area contributed by atoms with Crippen molar-refractivity contribution in [2.75, 3.05) is 20.6 Å². The first-order valence-corrected chi connectivity index (χ1v) is 9.53. The molecule has 1 aliphatic carbocycles. The Hall–Kier alpha value is -1.42. The Morgan fingerprint density at radius 1 is 1.17 bits per heavy atom. The molecule has 1 saturated heterocycles. The van der Waals surface area contributed by atoms with E-state index in [1.165, 1.54) is 32.1 Å². The highest BCUT2D eigenvalue weighted by atomic mass is 16.2. The number of carbonyl (C=O) groups is 1. The second-order valence-corrected chi connectivity index (χ2v) is 7.74. The van der Waals surface area contributed by atoms with Crippen LogP contribution in [0.3, 0.4) is 0 Å². The SMILES string of the molecule is CN(C)Cc1cccc([C@H]2CCCN2C(=O)CC2CCCCC2)n1. The summed E-state index contributed by atoms with van der Waals surface area (Å²) in [5.41, 5.74) is 2.16. The average molecular weight is 329 g/mol. The van der Waals surface area contributed by atoms with Gasteiger partial charge in [0.1, 0.15) is 0 Å². The number of likely N-dealkylation sites (tertiary alicyclic amines) is 1. The minimum atomic E-state index is 0.184. The van der Waals surface area contributed by atoms with Gasteiger partial charge in [-0.2, -0.15) is 0 Å². The summed E-state index contributed by atoms with van der Waals surface area (Å²) in [6, 6.07) is 6.44. The van der Waals surface area contributed by atoms with Crippen LogP contribution in [0.25, 0.3) is 0 Å². The molecule has 0 unspecified atom stereocenters. The van der Waals surface area contributed by atoms with Gasteiger partial charge in [-0.1, -0.05) is 25.3 Å². The highest BCUT2D eigenvalue weighted by Crippen LogP contribution is 2.34. The van der Waals surface area contributed by atoms with E-state index in [2.05, 4.69) is 42.1 Å². The van der Waals surface area contributed by atoms with Crippen LogP contribution in [0.15, 0.2) is 18.2 Å². The van der Waals surface area contributed by atoms with Gasteiger partial charge in [-0.05, 0) is 57.8 Å². The minimum absolute atomic E-state index is 0.184. The zero-order chi connectivity index (χ0) is 16.9. The molecule has 132 valence electrons. The molecule has 0 N–H and O–H groups in total. The highest BCUT2D eigenvalue weighted by Gasteiger charge is 2.32. The normalized spacial score (nSPS) is 22.3. The molecule has 0 spiro atoms. The lowest BCUT2D eigenvalue weighted by Crippen LogP contribution is -2.32. The number of aromatic nitrogens is 1. The first-order valence-electron chi connectivity index (χ1n) is 9.53. The molecule has 3 rings (SSSR count). The number of rotatable bonds is 5. The topological polar surface area (TPSA) is 36.4 Å². The molecule has 4 nitrogen and oxygen atoms in total. The van der Waals surface area contributed by atoms with E-state index >= 15 is 0 Å². The molecule has 2 heterocycles. The third-order valence-corrected chi connectivity index (χ3v) is 5.41. The Kier molecular flexibility index (Phi) is 5.88. The zero-order valence-corrected chi connectivity index (χ0v) is 15.2. The van der Waals surface area contributed by atoms with E-state index in [1.807, 2.05) is 0 Å². The molecule has 0 bridgehead atoms. The maximum atomic E-state index is 12.8. The lowest BCUT2D eigenvalue weighted by atomic mass is 9.86. The summed E-state index contributed by atoms with van der Waals surface area (Å²) < 4.78 is 0. The van der Waals surface area contributed by atoms with Crippen molar-refractivity contribution in [2.24, 2.45) is 5.92 Å². The fourth-order valence-corrected chi connectivity index (χ4v) is 4.22. The summed E-state index contributed by atoms with van der Waals surface area (Å²) in [6.45, 7) is 1.74. The molecule has 24 heavy (non-hydrogen) atoms. The van der Waals surface area contributed by atoms with E-state index < -0.39 is 0 Å². The summed E-state index contributed by atoms with van der Waals surface area (Å²) >= 11 is 0. The summed E-state index contributed by atoms with van der Waals surface area (Å²) in [5, 5.41) is 0. The number of pyridine rings is 1. The van der Waals surface area contributed by atoms with E-state index in [1.54, 1.807) is 0 Å². The van der Waals surface area contributed by atoms with Crippen LogP contribution < -0.4 is 0 Å². The summed E-state index contributed by atoms with van der Waals surface area (Å²) in [4.78, 5) is 21.9. The lowest BCUT2D eigenvalue weighted by Gasteiger charge is -2.28. The lowest BCUT2D eigenvalue weighted by molar-refractivity contribution is -0.133. The van der Waals surface area contributed by atoms with Crippen molar-refractivity contribution < 1.29 is 4.79 Å². The molecular formula is C20H31N3O. The molecule has 1 saturated carbocycles. The monoisotopic (exact) mass is 329 g/mol. The van der Waals surface area contributed by atoms with E-state index in [9.17, 15) is 4.79 Å². The molecule has 1 aromatic heterocycles. The van der Waals surface area contributed by atoms with Gasteiger partial charge in [-0.25, -0.2) is 0 Å². The van der Waals surface area contributed by atoms with Gasteiger partial charge < -0.3 is 9.80 Å². The molecule has 1 aromatic rings. The van der Waals surface area contributed by atoms with Crippen LogP contribution in [0.5, 0.6) is 0 Å². The Morgan fingerprint density at radius 3 is 2.71 bits per heavy atom. The van der Waals surface area contributed by atoms with Crippen molar-refractivity contribution in [1.82, 2.24) is 14.8 Å². The van der Waals surface area contributed by atoms with Crippen molar-refractivity contribution in [3.8, 4) is 0 Å². The maximum Gasteiger partial charge on any atom is 0.223 e. The molecule has 2 aliphatic rings. The van der Waals surface area contributed by atoms with Gasteiger partial charge in [0.15, 0.2) is 0 Å². The quantitative estimate of drug-likeness (QED) is 0.825. The van der Waals surface area contributed by atoms with E-state index in [0.717, 1.165) is 43.7 Å². The number of hydrogen-bond donors (Lipinski definition) is 0. The number of amides is 1. The predicted molar refractivity (Wildman–Crippen MR) is 96.5 cm³/mol. The second kappa shape index (κ2) is 8.11. The molecule has 0 radical (unpaired) electrons. The van der Waals surface area contributed by atoms with Crippen molar-refractivity contribution in [2.45, 2.75) is 64.0 Å². The van der Waals surface area contributed by atoms with Crippen LogP contribution in [0, 0.1) is 5.92 Å². The van der Waals surface area contributed by atoms with Crippen molar-refractivity contribution in [1.29, 1.82) is 0 Å². The summed E-state index contributed by atoms with van der Waals surface area (Å²) in [6.07, 6.45) is 9.32. The van der Waals surface area contributed by atoms with E-state index in [0.29, 0.717) is 11.8 Å². The number of hydrogen-bond acceptors (Lipinski definition) is 3. The van der Waals surface area contributed by atoms with Gasteiger partial charge in [-0.15, -0.1) is 0 Å². The highest BCUT2D eigenvalue weighted by molar-refractivity contribution is 5.77. The standard InChI is InChI=1S/C20H31N3O/c1-22(2)15-17-10-6-11-18(21-17)19-12-7-13-23(19)20(24)14-16-8-4-3-5-9-16/h6,10-11,16,19H,3-5,7-9,12-15H2,1-2H3/t19-/m1/s1. The number of nitrogens with zero attached hydrogens (tertiary/aromatic N) is 3. The van der Waals surface area contributed by atoms with E-state index in [4.69, 9.17) is 4.98 Å². The molecule has 4 heteroatoms. The van der Waals surface area contributed by atoms with Crippen molar-refractivity contribution in [3.05, 3.63) is 29.6 Å². The smallest absolute Gasteiger partial charge is 0.223 e. The van der Waals surface area contributed by atoms with Crippen LogP contribution in [0.2, 0.25) is 0 Å². The zero-order valence-electron chi connectivity index (χ0n) is 15.2. The van der Waals surface area contributed by atoms with Gasteiger partial charge in [0.05, 0.1) is 17.4 Å². The fraction of sp³-hybridized carbons (Fsp3) is 0.700. The Balaban J connectivity index is 1.67. The van der Waals surface area contributed by atoms with Gasteiger partial charge in [0.2, 0.25) is 5.91 Å². The Morgan fingerprint density at radius 2 is 1.96 bits per heavy atom. The first-order chi connectivity index (χ1) is 11.6. The largest absolute Gasteiger partial charge is 0.334 e. The summed E-state index contributed by atoms with van der Waals surface area (Å²) in [7, 11) is 4.12. The fourth-order valence-electron chi connectivity index (χ4n) is 4.22. The number of carbonyl (C=O) groups excluding carboxylic acids is 1. The maximum absolute atomic E-state index is 12.8. The van der Waals surface area contributed by atoms with Gasteiger partial charge >= 0.3 is 0 Å². The van der Waals surface area contributed by atoms with Crippen molar-refractivity contribution >= 4 is 5.91 Å². The average Bonchev–Trinajstić information content (AvgIpc) is 3.05. The Bertz CT molecular complexity index is 552. The molecule has 1 aliphatic heterocycles. The Labute approximate surface area is 146 Å². The van der Waals surface area contributed by atoms with Crippen LogP contribution >= 0.6 is 0 Å². The molecule has 0 aromatic carbocycles. The van der Waals surface area contributed by atoms with E-state index in [-0.39, 0.29) is 6.04 Å². The second-order valence-electron chi connectivity index (χ2n) is 7.74. The predicted octanol–water partition coefficient (Wildman–Crippen LogP) is 3.78. The molecule has 1 amide bonds.